The summed E-state index contributed by atoms with van der Waals surface area (Å²) in [6, 6.07) is 0. The van der Waals surface area contributed by atoms with Crippen LogP contribution in [0.1, 0.15) is 0 Å². The average molecular weight is 178 g/mol. The number of rotatable bonds is 0. The summed E-state index contributed by atoms with van der Waals surface area (Å²) in [5.41, 5.74) is 0. The molecule has 0 aromatic carbocycles. The molecule has 1 saturated heterocycles. The number of carbonyl (C=O) groups excluding carboxylic acids is 2. The zero-order chi connectivity index (χ0) is 8.86. The molecule has 2 amide bonds. The molecule has 12 heavy (non-hydrogen) atoms. The van der Waals surface area contributed by atoms with Crippen molar-refractivity contribution in [2.75, 3.05) is 0 Å². The molecule has 1 heterocycles. The largest absolute Gasteiger partial charge is 0.396 e. The van der Waals surface area contributed by atoms with Crippen molar-refractivity contribution in [2.24, 2.45) is 0 Å². The SMILES string of the molecule is O=C1NC(=O)C(F)(F)C1(F)F.[Li]. The van der Waals surface area contributed by atoms with Gasteiger partial charge in [0.25, 0.3) is 0 Å². The summed E-state index contributed by atoms with van der Waals surface area (Å²) >= 11 is 0. The Hall–Kier alpha value is -0.543. The first kappa shape index (κ1) is 11.5. The van der Waals surface area contributed by atoms with Crippen LogP contribution in [0.3, 0.4) is 0 Å². The van der Waals surface area contributed by atoms with E-state index in [9.17, 15) is 27.2 Å². The Morgan fingerprint density at radius 2 is 1.17 bits per heavy atom. The first-order chi connectivity index (χ1) is 4.80. The third-order valence-corrected chi connectivity index (χ3v) is 1.19. The van der Waals surface area contributed by atoms with E-state index in [0.29, 0.717) is 0 Å². The van der Waals surface area contributed by atoms with Gasteiger partial charge in [-0.05, 0) is 0 Å². The molecule has 0 saturated carbocycles. The van der Waals surface area contributed by atoms with Gasteiger partial charge < -0.3 is 0 Å². The van der Waals surface area contributed by atoms with Crippen LogP contribution in [0.4, 0.5) is 17.6 Å². The third-order valence-electron chi connectivity index (χ3n) is 1.19. The van der Waals surface area contributed by atoms with Gasteiger partial charge in [0.15, 0.2) is 0 Å². The predicted octanol–water partition coefficient (Wildman–Crippen LogP) is -0.467. The van der Waals surface area contributed by atoms with E-state index in [1.165, 1.54) is 0 Å². The van der Waals surface area contributed by atoms with Crippen LogP contribution in [0.15, 0.2) is 0 Å². The fourth-order valence-corrected chi connectivity index (χ4v) is 0.545. The summed E-state index contributed by atoms with van der Waals surface area (Å²) in [4.78, 5) is 19.9. The Morgan fingerprint density at radius 3 is 1.25 bits per heavy atom. The minimum Gasteiger partial charge on any atom is -0.285 e. The van der Waals surface area contributed by atoms with Gasteiger partial charge in [0.2, 0.25) is 0 Å². The van der Waals surface area contributed by atoms with Crippen molar-refractivity contribution in [3.8, 4) is 0 Å². The maximum atomic E-state index is 12.0. The Kier molecular flexibility index (Phi) is 2.62. The van der Waals surface area contributed by atoms with Crippen LogP contribution < -0.4 is 5.32 Å². The second-order valence-corrected chi connectivity index (χ2v) is 1.93. The molecule has 0 atom stereocenters. The summed E-state index contributed by atoms with van der Waals surface area (Å²) in [6.45, 7) is 0. The smallest absolute Gasteiger partial charge is 0.285 e. The number of amides is 2. The zero-order valence-electron chi connectivity index (χ0n) is 5.83. The van der Waals surface area contributed by atoms with E-state index >= 15 is 0 Å². The first-order valence-electron chi connectivity index (χ1n) is 2.41. The standard InChI is InChI=1S/C4HF4NO2.Li/c5-3(6)1(10)9-2(11)4(3,7)8;/h(H,9,10,11);. The minimum atomic E-state index is -4.91. The van der Waals surface area contributed by atoms with Gasteiger partial charge in [-0.25, -0.2) is 0 Å². The van der Waals surface area contributed by atoms with Crippen molar-refractivity contribution in [3.05, 3.63) is 0 Å². The number of halogens is 4. The van der Waals surface area contributed by atoms with Crippen LogP contribution in [0.25, 0.3) is 0 Å². The zero-order valence-corrected chi connectivity index (χ0v) is 5.83. The van der Waals surface area contributed by atoms with Crippen molar-refractivity contribution in [3.63, 3.8) is 0 Å². The summed E-state index contributed by atoms with van der Waals surface area (Å²) in [5.74, 6) is -14.3. The fraction of sp³-hybridized carbons (Fsp3) is 0.500. The summed E-state index contributed by atoms with van der Waals surface area (Å²) < 4.78 is 47.9. The van der Waals surface area contributed by atoms with Gasteiger partial charge in [-0.1, -0.05) is 0 Å². The molecule has 8 heteroatoms. The normalized spacial score (nSPS) is 24.7. The van der Waals surface area contributed by atoms with E-state index in [1.54, 1.807) is 0 Å². The Balaban J connectivity index is 0.00000121. The number of nitrogens with one attached hydrogen (secondary N) is 1. The number of imide groups is 1. The van der Waals surface area contributed by atoms with Crippen LogP contribution in [-0.4, -0.2) is 42.5 Å². The van der Waals surface area contributed by atoms with Gasteiger partial charge in [0.05, 0.1) is 0 Å². The molecule has 0 bridgehead atoms. The van der Waals surface area contributed by atoms with Gasteiger partial charge in [0, 0.05) is 18.9 Å². The van der Waals surface area contributed by atoms with Gasteiger partial charge in [-0.2, -0.15) is 17.6 Å². The van der Waals surface area contributed by atoms with Gasteiger partial charge in [0.1, 0.15) is 0 Å². The van der Waals surface area contributed by atoms with Crippen molar-refractivity contribution in [1.82, 2.24) is 5.32 Å². The van der Waals surface area contributed by atoms with Crippen LogP contribution in [0, 0.1) is 0 Å². The number of alkyl halides is 4. The van der Waals surface area contributed by atoms with Crippen molar-refractivity contribution in [1.29, 1.82) is 0 Å². The van der Waals surface area contributed by atoms with Gasteiger partial charge >= 0.3 is 23.7 Å². The number of hydrogen-bond acceptors (Lipinski definition) is 2. The molecule has 3 nitrogen and oxygen atoms in total. The third kappa shape index (κ3) is 1.13. The van der Waals surface area contributed by atoms with E-state index < -0.39 is 23.7 Å². The Morgan fingerprint density at radius 1 is 0.917 bits per heavy atom. The van der Waals surface area contributed by atoms with Crippen LogP contribution in [0.5, 0.6) is 0 Å². The average Bonchev–Trinajstić information content (AvgIpc) is 1.95. The second-order valence-electron chi connectivity index (χ2n) is 1.93. The van der Waals surface area contributed by atoms with Crippen molar-refractivity contribution >= 4 is 30.7 Å². The second kappa shape index (κ2) is 2.75. The minimum absolute atomic E-state index is 0. The molecule has 1 radical (unpaired) electrons. The molecule has 0 aromatic rings. The molecule has 0 aromatic heterocycles. The molecule has 1 rings (SSSR count). The monoisotopic (exact) mass is 178 g/mol. The molecule has 0 spiro atoms. The number of carbonyl (C=O) groups is 2. The van der Waals surface area contributed by atoms with Crippen molar-refractivity contribution in [2.45, 2.75) is 11.8 Å². The predicted molar refractivity (Wildman–Crippen MR) is 28.8 cm³/mol. The molecule has 1 fully saturated rings. The quantitative estimate of drug-likeness (QED) is 0.309. The topological polar surface area (TPSA) is 46.2 Å². The molecular weight excluding hydrogens is 177 g/mol. The molecule has 63 valence electrons. The maximum absolute atomic E-state index is 12.0. The molecule has 1 N–H and O–H groups in total. The van der Waals surface area contributed by atoms with Crippen LogP contribution >= 0.6 is 0 Å². The van der Waals surface area contributed by atoms with E-state index in [0.717, 1.165) is 5.32 Å². The Labute approximate surface area is 75.7 Å². The summed E-state index contributed by atoms with van der Waals surface area (Å²) in [5, 5.41) is 0.819. The van der Waals surface area contributed by atoms with Gasteiger partial charge in [-0.3, -0.25) is 14.9 Å². The van der Waals surface area contributed by atoms with Crippen LogP contribution in [-0.2, 0) is 9.59 Å². The van der Waals surface area contributed by atoms with E-state index in [1.807, 2.05) is 0 Å². The van der Waals surface area contributed by atoms with Crippen LogP contribution in [0.2, 0.25) is 0 Å². The molecule has 1 aliphatic heterocycles. The Bertz CT molecular complexity index is 217. The van der Waals surface area contributed by atoms with E-state index in [-0.39, 0.29) is 18.9 Å². The summed E-state index contributed by atoms with van der Waals surface area (Å²) in [7, 11) is 0. The van der Waals surface area contributed by atoms with E-state index in [4.69, 9.17) is 0 Å². The first-order valence-corrected chi connectivity index (χ1v) is 2.41. The van der Waals surface area contributed by atoms with Crippen molar-refractivity contribution < 1.29 is 27.2 Å². The van der Waals surface area contributed by atoms with E-state index in [2.05, 4.69) is 0 Å². The molecular formula is C4HF4LiNO2. The fourth-order valence-electron chi connectivity index (χ4n) is 0.545. The molecule has 0 unspecified atom stereocenters. The maximum Gasteiger partial charge on any atom is 0.396 e. The van der Waals surface area contributed by atoms with Gasteiger partial charge in [-0.15, -0.1) is 0 Å². The number of hydrogen-bond donors (Lipinski definition) is 1. The molecule has 0 aliphatic carbocycles. The summed E-state index contributed by atoms with van der Waals surface area (Å²) in [6.07, 6.45) is 0. The molecule has 1 aliphatic rings.